The van der Waals surface area contributed by atoms with E-state index in [-0.39, 0.29) is 11.9 Å². The Morgan fingerprint density at radius 1 is 1.39 bits per heavy atom. The van der Waals surface area contributed by atoms with Gasteiger partial charge in [-0.3, -0.25) is 9.48 Å². The van der Waals surface area contributed by atoms with Crippen LogP contribution in [0.1, 0.15) is 29.0 Å². The topological polar surface area (TPSA) is 72.9 Å². The lowest BCUT2D eigenvalue weighted by Crippen LogP contribution is -2.28. The Hall–Kier alpha value is -2.30. The zero-order chi connectivity index (χ0) is 13.1. The molecule has 0 saturated carbocycles. The van der Waals surface area contributed by atoms with Crippen LogP contribution in [-0.4, -0.2) is 15.7 Å². The summed E-state index contributed by atoms with van der Waals surface area (Å²) < 4.78 is 1.54. The monoisotopic (exact) mass is 244 g/mol. The van der Waals surface area contributed by atoms with Crippen molar-refractivity contribution in [3.05, 3.63) is 47.8 Å². The summed E-state index contributed by atoms with van der Waals surface area (Å²) >= 11 is 0. The van der Waals surface area contributed by atoms with Crippen molar-refractivity contribution in [3.8, 4) is 0 Å². The van der Waals surface area contributed by atoms with E-state index in [9.17, 15) is 4.79 Å². The Labute approximate surface area is 106 Å². The molecule has 0 aliphatic carbocycles. The first-order valence-electron chi connectivity index (χ1n) is 5.73. The van der Waals surface area contributed by atoms with E-state index in [1.165, 1.54) is 4.68 Å². The number of nitrogens with one attached hydrogen (secondary N) is 1. The lowest BCUT2D eigenvalue weighted by atomic mass is 10.1. The summed E-state index contributed by atoms with van der Waals surface area (Å²) in [5, 5.41) is 6.87. The van der Waals surface area contributed by atoms with Gasteiger partial charge in [-0.1, -0.05) is 18.2 Å². The molecule has 1 unspecified atom stereocenters. The fraction of sp³-hybridized carbons (Fsp3) is 0.231. The highest BCUT2D eigenvalue weighted by Crippen LogP contribution is 2.19. The number of rotatable bonds is 3. The number of anilines is 1. The highest BCUT2D eigenvalue weighted by Gasteiger charge is 2.15. The Morgan fingerprint density at radius 3 is 2.72 bits per heavy atom. The molecule has 18 heavy (non-hydrogen) atoms. The molecule has 1 aromatic carbocycles. The van der Waals surface area contributed by atoms with Crippen molar-refractivity contribution in [3.63, 3.8) is 0 Å². The number of aryl methyl sites for hydroxylation is 1. The Morgan fingerprint density at radius 2 is 2.11 bits per heavy atom. The second-order valence-corrected chi connectivity index (χ2v) is 4.16. The molecule has 0 saturated heterocycles. The van der Waals surface area contributed by atoms with Gasteiger partial charge in [0.1, 0.15) is 5.69 Å². The fourth-order valence-corrected chi connectivity index (χ4v) is 1.85. The number of hydrogen-bond donors (Lipinski definition) is 2. The first-order chi connectivity index (χ1) is 8.59. The van der Waals surface area contributed by atoms with Crippen molar-refractivity contribution in [2.24, 2.45) is 7.05 Å². The van der Waals surface area contributed by atoms with Crippen LogP contribution in [0.3, 0.4) is 0 Å². The largest absolute Gasteiger partial charge is 0.398 e. The van der Waals surface area contributed by atoms with Gasteiger partial charge in [-0.25, -0.2) is 0 Å². The summed E-state index contributed by atoms with van der Waals surface area (Å²) in [6, 6.07) is 9.03. The summed E-state index contributed by atoms with van der Waals surface area (Å²) in [5.74, 6) is -0.161. The first-order valence-corrected chi connectivity index (χ1v) is 5.73. The van der Waals surface area contributed by atoms with Crippen LogP contribution in [0.2, 0.25) is 0 Å². The number of hydrogen-bond acceptors (Lipinski definition) is 3. The molecule has 5 nitrogen and oxygen atoms in total. The van der Waals surface area contributed by atoms with Crippen LogP contribution in [0.4, 0.5) is 5.69 Å². The lowest BCUT2D eigenvalue weighted by molar-refractivity contribution is 0.0930. The van der Waals surface area contributed by atoms with Crippen LogP contribution in [0.15, 0.2) is 36.5 Å². The Balaban J connectivity index is 2.13. The molecule has 2 rings (SSSR count). The van der Waals surface area contributed by atoms with Crippen LogP contribution in [0, 0.1) is 0 Å². The van der Waals surface area contributed by atoms with E-state index >= 15 is 0 Å². The first kappa shape index (κ1) is 12.2. The number of carbonyl (C=O) groups is 1. The second-order valence-electron chi connectivity index (χ2n) is 4.16. The number of aromatic nitrogens is 2. The van der Waals surface area contributed by atoms with Crippen molar-refractivity contribution in [2.75, 3.05) is 5.73 Å². The summed E-state index contributed by atoms with van der Waals surface area (Å²) in [5.41, 5.74) is 7.99. The van der Waals surface area contributed by atoms with Crippen LogP contribution in [0.5, 0.6) is 0 Å². The van der Waals surface area contributed by atoms with E-state index < -0.39 is 0 Å². The lowest BCUT2D eigenvalue weighted by Gasteiger charge is -2.16. The van der Waals surface area contributed by atoms with Gasteiger partial charge in [0.15, 0.2) is 0 Å². The zero-order valence-corrected chi connectivity index (χ0v) is 10.4. The predicted octanol–water partition coefficient (Wildman–Crippen LogP) is 1.49. The summed E-state index contributed by atoms with van der Waals surface area (Å²) in [6.45, 7) is 1.90. The van der Waals surface area contributed by atoms with Crippen molar-refractivity contribution >= 4 is 11.6 Å². The number of nitrogens with zero attached hydrogens (tertiary/aromatic N) is 2. The van der Waals surface area contributed by atoms with E-state index in [4.69, 9.17) is 5.73 Å². The standard InChI is InChI=1S/C13H16N4O/c1-9(10-5-3-4-6-11(10)14)16-13(18)12-7-8-15-17(12)2/h3-9H,14H2,1-2H3,(H,16,18). The van der Waals surface area contributed by atoms with Gasteiger partial charge in [0.2, 0.25) is 0 Å². The molecule has 0 aliphatic rings. The minimum atomic E-state index is -0.161. The van der Waals surface area contributed by atoms with Gasteiger partial charge in [-0.05, 0) is 24.6 Å². The zero-order valence-electron chi connectivity index (χ0n) is 10.4. The molecule has 94 valence electrons. The molecule has 2 aromatic rings. The normalized spacial score (nSPS) is 12.1. The average Bonchev–Trinajstić information content (AvgIpc) is 2.76. The van der Waals surface area contributed by atoms with E-state index in [1.54, 1.807) is 19.3 Å². The molecule has 3 N–H and O–H groups in total. The summed E-state index contributed by atoms with van der Waals surface area (Å²) in [6.07, 6.45) is 1.59. The molecule has 1 heterocycles. The SMILES string of the molecule is CC(NC(=O)c1ccnn1C)c1ccccc1N. The maximum absolute atomic E-state index is 12.0. The number of amides is 1. The molecule has 1 amide bonds. The Kier molecular flexibility index (Phi) is 3.32. The molecule has 5 heteroatoms. The van der Waals surface area contributed by atoms with Crippen LogP contribution in [-0.2, 0) is 7.05 Å². The van der Waals surface area contributed by atoms with E-state index in [1.807, 2.05) is 31.2 Å². The summed E-state index contributed by atoms with van der Waals surface area (Å²) in [7, 11) is 1.73. The minimum Gasteiger partial charge on any atom is -0.398 e. The fourth-order valence-electron chi connectivity index (χ4n) is 1.85. The Bertz CT molecular complexity index is 562. The molecule has 1 atom stereocenters. The van der Waals surface area contributed by atoms with E-state index in [0.29, 0.717) is 11.4 Å². The second kappa shape index (κ2) is 4.91. The predicted molar refractivity (Wildman–Crippen MR) is 69.9 cm³/mol. The maximum Gasteiger partial charge on any atom is 0.270 e. The molecule has 1 aromatic heterocycles. The van der Waals surface area contributed by atoms with E-state index in [2.05, 4.69) is 10.4 Å². The minimum absolute atomic E-state index is 0.145. The van der Waals surface area contributed by atoms with Crippen LogP contribution < -0.4 is 11.1 Å². The van der Waals surface area contributed by atoms with Crippen LogP contribution >= 0.6 is 0 Å². The maximum atomic E-state index is 12.0. The smallest absolute Gasteiger partial charge is 0.270 e. The van der Waals surface area contributed by atoms with Crippen molar-refractivity contribution in [2.45, 2.75) is 13.0 Å². The molecule has 0 fully saturated rings. The van der Waals surface area contributed by atoms with Gasteiger partial charge < -0.3 is 11.1 Å². The average molecular weight is 244 g/mol. The van der Waals surface area contributed by atoms with Gasteiger partial charge in [0, 0.05) is 18.9 Å². The molecular weight excluding hydrogens is 228 g/mol. The third-order valence-corrected chi connectivity index (χ3v) is 2.86. The van der Waals surface area contributed by atoms with Crippen molar-refractivity contribution in [1.29, 1.82) is 0 Å². The van der Waals surface area contributed by atoms with Gasteiger partial charge in [0.05, 0.1) is 6.04 Å². The molecule has 0 spiro atoms. The number of para-hydroxylation sites is 1. The molecule has 0 aliphatic heterocycles. The number of carbonyl (C=O) groups excluding carboxylic acids is 1. The quantitative estimate of drug-likeness (QED) is 0.803. The van der Waals surface area contributed by atoms with Gasteiger partial charge in [-0.15, -0.1) is 0 Å². The van der Waals surface area contributed by atoms with Gasteiger partial charge >= 0.3 is 0 Å². The van der Waals surface area contributed by atoms with Gasteiger partial charge in [0.25, 0.3) is 5.91 Å². The van der Waals surface area contributed by atoms with Crippen LogP contribution in [0.25, 0.3) is 0 Å². The number of nitrogen functional groups attached to an aromatic ring is 1. The summed E-state index contributed by atoms with van der Waals surface area (Å²) in [4.78, 5) is 12.0. The third kappa shape index (κ3) is 2.34. The highest BCUT2D eigenvalue weighted by molar-refractivity contribution is 5.92. The molecule has 0 bridgehead atoms. The number of nitrogens with two attached hydrogens (primary N) is 1. The molecule has 0 radical (unpaired) electrons. The number of benzene rings is 1. The van der Waals surface area contributed by atoms with Crippen molar-refractivity contribution in [1.82, 2.24) is 15.1 Å². The van der Waals surface area contributed by atoms with Gasteiger partial charge in [-0.2, -0.15) is 5.10 Å². The molecular formula is C13H16N4O. The third-order valence-electron chi connectivity index (χ3n) is 2.86. The highest BCUT2D eigenvalue weighted by atomic mass is 16.2. The van der Waals surface area contributed by atoms with E-state index in [0.717, 1.165) is 5.56 Å². The van der Waals surface area contributed by atoms with Crippen molar-refractivity contribution < 1.29 is 4.79 Å².